The van der Waals surface area contributed by atoms with Crippen molar-refractivity contribution >= 4 is 0 Å². The highest BCUT2D eigenvalue weighted by Gasteiger charge is 2.12. The van der Waals surface area contributed by atoms with Crippen molar-refractivity contribution in [2.45, 2.75) is 20.8 Å². The zero-order valence-corrected chi connectivity index (χ0v) is 12.7. The second kappa shape index (κ2) is 5.53. The van der Waals surface area contributed by atoms with Crippen molar-refractivity contribution in [1.82, 2.24) is 4.98 Å². The van der Waals surface area contributed by atoms with Crippen LogP contribution in [0.5, 0.6) is 0 Å². The molecule has 3 rings (SSSR count). The van der Waals surface area contributed by atoms with Crippen LogP contribution >= 0.6 is 0 Å². The molecular weight excluding hydrogens is 254 g/mol. The van der Waals surface area contributed by atoms with Gasteiger partial charge in [-0.1, -0.05) is 48.0 Å². The average molecular weight is 273 g/mol. The molecule has 1 aromatic heterocycles. The van der Waals surface area contributed by atoms with Gasteiger partial charge in [0.2, 0.25) is 0 Å². The zero-order valence-electron chi connectivity index (χ0n) is 12.7. The first kappa shape index (κ1) is 13.6. The molecule has 0 atom stereocenters. The van der Waals surface area contributed by atoms with E-state index in [0.29, 0.717) is 0 Å². The summed E-state index contributed by atoms with van der Waals surface area (Å²) in [5.41, 5.74) is 8.73. The Hall–Kier alpha value is -2.41. The second-order valence-corrected chi connectivity index (χ2v) is 5.53. The van der Waals surface area contributed by atoms with Crippen LogP contribution in [0.1, 0.15) is 16.7 Å². The van der Waals surface area contributed by atoms with E-state index in [9.17, 15) is 0 Å². The predicted molar refractivity (Wildman–Crippen MR) is 89.3 cm³/mol. The lowest BCUT2D eigenvalue weighted by atomic mass is 9.90. The largest absolute Gasteiger partial charge is 0.256 e. The van der Waals surface area contributed by atoms with Crippen LogP contribution in [0.15, 0.2) is 60.8 Å². The third-order valence-electron chi connectivity index (χ3n) is 3.81. The van der Waals surface area contributed by atoms with Gasteiger partial charge < -0.3 is 0 Å². The van der Waals surface area contributed by atoms with Gasteiger partial charge in [-0.2, -0.15) is 0 Å². The number of nitrogens with zero attached hydrogens (tertiary/aromatic N) is 1. The van der Waals surface area contributed by atoms with Gasteiger partial charge in [0.05, 0.1) is 5.69 Å². The molecule has 0 aliphatic rings. The summed E-state index contributed by atoms with van der Waals surface area (Å²) in [6.45, 7) is 6.52. The van der Waals surface area contributed by atoms with Gasteiger partial charge in [0.15, 0.2) is 0 Å². The molecule has 0 spiro atoms. The van der Waals surface area contributed by atoms with E-state index in [0.717, 1.165) is 5.69 Å². The molecule has 1 heteroatoms. The fourth-order valence-corrected chi connectivity index (χ4v) is 3.05. The minimum absolute atomic E-state index is 1.02. The van der Waals surface area contributed by atoms with Gasteiger partial charge in [-0.3, -0.25) is 4.98 Å². The molecular formula is C20H19N. The number of hydrogen-bond donors (Lipinski definition) is 0. The normalized spacial score (nSPS) is 10.6. The number of hydrogen-bond acceptors (Lipinski definition) is 1. The quantitative estimate of drug-likeness (QED) is 0.614. The smallest absolute Gasteiger partial charge is 0.0708 e. The third kappa shape index (κ3) is 2.59. The number of rotatable bonds is 2. The molecule has 0 aliphatic carbocycles. The lowest BCUT2D eigenvalue weighted by Crippen LogP contribution is -1.93. The highest BCUT2D eigenvalue weighted by atomic mass is 14.7. The number of aromatic nitrogens is 1. The van der Waals surface area contributed by atoms with Gasteiger partial charge in [0, 0.05) is 11.8 Å². The van der Waals surface area contributed by atoms with Crippen LogP contribution in [0.3, 0.4) is 0 Å². The predicted octanol–water partition coefficient (Wildman–Crippen LogP) is 5.34. The first-order chi connectivity index (χ1) is 10.2. The average Bonchev–Trinajstić information content (AvgIpc) is 2.48. The Labute approximate surface area is 126 Å². The fraction of sp³-hybridized carbons (Fsp3) is 0.150. The maximum Gasteiger partial charge on any atom is 0.0708 e. The Bertz CT molecular complexity index is 750. The Morgan fingerprint density at radius 1 is 0.714 bits per heavy atom. The van der Waals surface area contributed by atoms with E-state index in [1.807, 2.05) is 18.3 Å². The van der Waals surface area contributed by atoms with Crippen LogP contribution in [0, 0.1) is 20.8 Å². The first-order valence-corrected chi connectivity index (χ1v) is 7.25. The van der Waals surface area contributed by atoms with Crippen molar-refractivity contribution in [1.29, 1.82) is 0 Å². The molecule has 0 aliphatic heterocycles. The minimum atomic E-state index is 1.02. The van der Waals surface area contributed by atoms with Gasteiger partial charge in [-0.15, -0.1) is 0 Å². The van der Waals surface area contributed by atoms with Crippen LogP contribution in [0.25, 0.3) is 22.4 Å². The molecule has 0 radical (unpaired) electrons. The van der Waals surface area contributed by atoms with E-state index < -0.39 is 0 Å². The standard InChI is InChI=1S/C20H19N/c1-14-12-15(2)20(16(3)13-14)18-9-5-4-8-17(18)19-10-6-7-11-21-19/h4-13H,1-3H3. The Morgan fingerprint density at radius 2 is 1.33 bits per heavy atom. The van der Waals surface area contributed by atoms with Crippen molar-refractivity contribution in [2.24, 2.45) is 0 Å². The van der Waals surface area contributed by atoms with Gasteiger partial charge in [-0.05, 0) is 55.2 Å². The van der Waals surface area contributed by atoms with Crippen LogP contribution in [-0.4, -0.2) is 4.98 Å². The summed E-state index contributed by atoms with van der Waals surface area (Å²) in [5.74, 6) is 0. The summed E-state index contributed by atoms with van der Waals surface area (Å²) in [4.78, 5) is 4.51. The topological polar surface area (TPSA) is 12.9 Å². The Morgan fingerprint density at radius 3 is 1.95 bits per heavy atom. The van der Waals surface area contributed by atoms with Gasteiger partial charge in [0.1, 0.15) is 0 Å². The summed E-state index contributed by atoms with van der Waals surface area (Å²) < 4.78 is 0. The minimum Gasteiger partial charge on any atom is -0.256 e. The van der Waals surface area contributed by atoms with Gasteiger partial charge in [0.25, 0.3) is 0 Å². The SMILES string of the molecule is Cc1cc(C)c(-c2ccccc2-c2ccccn2)c(C)c1. The maximum atomic E-state index is 4.51. The highest BCUT2D eigenvalue weighted by Crippen LogP contribution is 2.35. The molecule has 21 heavy (non-hydrogen) atoms. The molecule has 0 saturated heterocycles. The van der Waals surface area contributed by atoms with Gasteiger partial charge >= 0.3 is 0 Å². The van der Waals surface area contributed by atoms with Crippen molar-refractivity contribution in [2.75, 3.05) is 0 Å². The van der Waals surface area contributed by atoms with E-state index in [1.54, 1.807) is 0 Å². The summed E-state index contributed by atoms with van der Waals surface area (Å²) in [5, 5.41) is 0. The lowest BCUT2D eigenvalue weighted by Gasteiger charge is -2.15. The molecule has 3 aromatic rings. The highest BCUT2D eigenvalue weighted by molar-refractivity contribution is 5.85. The molecule has 0 fully saturated rings. The second-order valence-electron chi connectivity index (χ2n) is 5.53. The fourth-order valence-electron chi connectivity index (χ4n) is 3.05. The van der Waals surface area contributed by atoms with E-state index in [-0.39, 0.29) is 0 Å². The molecule has 104 valence electrons. The number of pyridine rings is 1. The van der Waals surface area contributed by atoms with Crippen molar-refractivity contribution in [3.8, 4) is 22.4 Å². The number of benzene rings is 2. The zero-order chi connectivity index (χ0) is 14.8. The van der Waals surface area contributed by atoms with Gasteiger partial charge in [-0.25, -0.2) is 0 Å². The van der Waals surface area contributed by atoms with Crippen LogP contribution in [0.2, 0.25) is 0 Å². The Balaban J connectivity index is 2.26. The van der Waals surface area contributed by atoms with E-state index in [1.165, 1.54) is 33.4 Å². The monoisotopic (exact) mass is 273 g/mol. The molecule has 0 amide bonds. The first-order valence-electron chi connectivity index (χ1n) is 7.25. The van der Waals surface area contributed by atoms with Crippen molar-refractivity contribution in [3.63, 3.8) is 0 Å². The van der Waals surface area contributed by atoms with E-state index in [2.05, 4.69) is 68.2 Å². The summed E-state index contributed by atoms with van der Waals surface area (Å²) >= 11 is 0. The molecule has 2 aromatic carbocycles. The maximum absolute atomic E-state index is 4.51. The molecule has 0 unspecified atom stereocenters. The van der Waals surface area contributed by atoms with E-state index in [4.69, 9.17) is 0 Å². The molecule has 0 saturated carbocycles. The van der Waals surface area contributed by atoms with E-state index >= 15 is 0 Å². The third-order valence-corrected chi connectivity index (χ3v) is 3.81. The summed E-state index contributed by atoms with van der Waals surface area (Å²) in [7, 11) is 0. The summed E-state index contributed by atoms with van der Waals surface area (Å²) in [6.07, 6.45) is 1.85. The Kier molecular flexibility index (Phi) is 3.57. The van der Waals surface area contributed by atoms with Crippen molar-refractivity contribution in [3.05, 3.63) is 77.5 Å². The number of aryl methyl sites for hydroxylation is 3. The van der Waals surface area contributed by atoms with Crippen LogP contribution in [0.4, 0.5) is 0 Å². The molecule has 1 heterocycles. The van der Waals surface area contributed by atoms with Crippen LogP contribution < -0.4 is 0 Å². The molecule has 1 nitrogen and oxygen atoms in total. The summed E-state index contributed by atoms with van der Waals surface area (Å²) in [6, 6.07) is 19.1. The lowest BCUT2D eigenvalue weighted by molar-refractivity contribution is 1.30. The van der Waals surface area contributed by atoms with Crippen LogP contribution in [-0.2, 0) is 0 Å². The van der Waals surface area contributed by atoms with Crippen molar-refractivity contribution < 1.29 is 0 Å². The molecule has 0 bridgehead atoms. The molecule has 0 N–H and O–H groups in total.